The Morgan fingerprint density at radius 1 is 0.818 bits per heavy atom. The molecule has 3 radical (unpaired) electrons. The summed E-state index contributed by atoms with van der Waals surface area (Å²) >= 11 is 0. The summed E-state index contributed by atoms with van der Waals surface area (Å²) in [5.74, 6) is 0. The summed E-state index contributed by atoms with van der Waals surface area (Å²) in [6, 6.07) is 0. The molecule has 0 aliphatic heterocycles. The van der Waals surface area contributed by atoms with Crippen molar-refractivity contribution in [2.45, 2.75) is 0 Å². The number of hydrogen-bond donors (Lipinski definition) is 0. The van der Waals surface area contributed by atoms with Crippen LogP contribution in [0.5, 0.6) is 0 Å². The maximum Gasteiger partial charge on any atom is 0.0167 e. The van der Waals surface area contributed by atoms with Gasteiger partial charge in [0.05, 0.1) is 0 Å². The molecule has 0 heterocycles. The van der Waals surface area contributed by atoms with Gasteiger partial charge in [-0.25, -0.2) is 0 Å². The first-order chi connectivity index (χ1) is 4.85. The average Bonchev–Trinajstić information content (AvgIpc) is 1.90. The van der Waals surface area contributed by atoms with Gasteiger partial charge in [0.25, 0.3) is 0 Å². The number of nitrogens with zero attached hydrogens (tertiary/aromatic N) is 1. The van der Waals surface area contributed by atoms with Crippen LogP contribution < -0.4 is 0 Å². The lowest BCUT2D eigenvalue weighted by molar-refractivity contribution is 0.373. The van der Waals surface area contributed by atoms with Gasteiger partial charge in [-0.05, 0) is 0 Å². The Morgan fingerprint density at radius 3 is 1.27 bits per heavy atom. The van der Waals surface area contributed by atoms with Crippen molar-refractivity contribution in [3.05, 3.63) is 38.0 Å². The first kappa shape index (κ1) is 12.9. The van der Waals surface area contributed by atoms with Crippen LogP contribution >= 0.6 is 0 Å². The zero-order chi connectivity index (χ0) is 7.82. The lowest BCUT2D eigenvalue weighted by atomic mass is 10.4. The van der Waals surface area contributed by atoms with E-state index in [1.54, 1.807) is 0 Å². The first-order valence-electron chi connectivity index (χ1n) is 3.40. The van der Waals surface area contributed by atoms with Gasteiger partial charge in [0.15, 0.2) is 0 Å². The summed E-state index contributed by atoms with van der Waals surface area (Å²) in [5.41, 5.74) is 0. The third-order valence-corrected chi connectivity index (χ3v) is 1.16. The molecular weight excluding hydrogens is 133 g/mol. The van der Waals surface area contributed by atoms with E-state index >= 15 is 0 Å². The lowest BCUT2D eigenvalue weighted by Gasteiger charge is -2.15. The molecule has 11 heavy (non-hydrogen) atoms. The maximum absolute atomic E-state index is 3.65. The average molecular weight is 148 g/mol. The van der Waals surface area contributed by atoms with Crippen molar-refractivity contribution in [2.24, 2.45) is 0 Å². The molecule has 0 fully saturated rings. The fraction of sp³-hybridized carbons (Fsp3) is 0.333. The largest absolute Gasteiger partial charge is 0.292 e. The van der Waals surface area contributed by atoms with Crippen LogP contribution in [0.1, 0.15) is 0 Å². The van der Waals surface area contributed by atoms with Gasteiger partial charge >= 0.3 is 0 Å². The van der Waals surface area contributed by atoms with Crippen LogP contribution in [0.2, 0.25) is 0 Å². The Labute approximate surface area is 71.7 Å². The normalized spacial score (nSPS) is 8.45. The molecule has 0 aromatic rings. The minimum atomic E-state index is 0. The Morgan fingerprint density at radius 2 is 1.09 bits per heavy atom. The third kappa shape index (κ3) is 7.14. The van der Waals surface area contributed by atoms with E-state index in [0.717, 1.165) is 19.6 Å². The molecule has 0 rings (SSSR count). The van der Waals surface area contributed by atoms with Gasteiger partial charge in [0.2, 0.25) is 0 Å². The van der Waals surface area contributed by atoms with Crippen molar-refractivity contribution in [1.29, 1.82) is 0 Å². The summed E-state index contributed by atoms with van der Waals surface area (Å²) in [5, 5.41) is 0. The van der Waals surface area contributed by atoms with Crippen LogP contribution in [-0.2, 0) is 0 Å². The monoisotopic (exact) mass is 148 g/mol. The molecule has 0 aromatic heterocycles. The van der Waals surface area contributed by atoms with Crippen LogP contribution in [0.25, 0.3) is 0 Å². The molecule has 0 unspecified atom stereocenters. The molecule has 0 aromatic carbocycles. The van der Waals surface area contributed by atoms with E-state index in [9.17, 15) is 0 Å². The maximum atomic E-state index is 3.65. The van der Waals surface area contributed by atoms with Crippen molar-refractivity contribution in [1.82, 2.24) is 4.90 Å². The topological polar surface area (TPSA) is 3.24 Å². The van der Waals surface area contributed by atoms with E-state index in [1.807, 2.05) is 18.2 Å². The SMILES string of the molecule is C=CCN(CC=C)CC=C.[B]. The highest BCUT2D eigenvalue weighted by Crippen LogP contribution is 1.88. The van der Waals surface area contributed by atoms with Crippen molar-refractivity contribution in [3.63, 3.8) is 0 Å². The summed E-state index contributed by atoms with van der Waals surface area (Å²) < 4.78 is 0. The van der Waals surface area contributed by atoms with Gasteiger partial charge in [-0.15, -0.1) is 19.7 Å². The second-order valence-corrected chi connectivity index (χ2v) is 2.08. The lowest BCUT2D eigenvalue weighted by Crippen LogP contribution is -2.23. The van der Waals surface area contributed by atoms with Gasteiger partial charge in [0, 0.05) is 28.0 Å². The minimum absolute atomic E-state index is 0. The first-order valence-corrected chi connectivity index (χ1v) is 3.40. The zero-order valence-corrected chi connectivity index (χ0v) is 7.00. The smallest absolute Gasteiger partial charge is 0.0167 e. The molecule has 0 bridgehead atoms. The predicted octanol–water partition coefficient (Wildman–Crippen LogP) is 1.47. The van der Waals surface area contributed by atoms with Crippen LogP contribution in [-0.4, -0.2) is 32.9 Å². The standard InChI is InChI=1S/C9H15N.B/c1-4-7-10(8-5-2)9-6-3;/h4-6H,1-3,7-9H2;. The van der Waals surface area contributed by atoms with Gasteiger partial charge in [-0.3, -0.25) is 4.90 Å². The van der Waals surface area contributed by atoms with E-state index in [-0.39, 0.29) is 8.41 Å². The van der Waals surface area contributed by atoms with E-state index < -0.39 is 0 Å². The van der Waals surface area contributed by atoms with Crippen molar-refractivity contribution in [3.8, 4) is 0 Å². The van der Waals surface area contributed by atoms with Gasteiger partial charge < -0.3 is 0 Å². The van der Waals surface area contributed by atoms with Gasteiger partial charge in [0.1, 0.15) is 0 Å². The highest BCUT2D eigenvalue weighted by molar-refractivity contribution is 5.75. The molecule has 0 amide bonds. The molecule has 0 aliphatic carbocycles. The van der Waals surface area contributed by atoms with Crippen LogP contribution in [0, 0.1) is 0 Å². The molecule has 1 nitrogen and oxygen atoms in total. The highest BCUT2D eigenvalue weighted by Gasteiger charge is 1.94. The number of hydrogen-bond acceptors (Lipinski definition) is 1. The Hall–Kier alpha value is -0.755. The van der Waals surface area contributed by atoms with E-state index in [4.69, 9.17) is 0 Å². The molecule has 0 N–H and O–H groups in total. The summed E-state index contributed by atoms with van der Waals surface area (Å²) in [4.78, 5) is 2.19. The minimum Gasteiger partial charge on any atom is -0.292 e. The highest BCUT2D eigenvalue weighted by atomic mass is 15.1. The molecule has 0 saturated carbocycles. The third-order valence-electron chi connectivity index (χ3n) is 1.16. The van der Waals surface area contributed by atoms with Crippen LogP contribution in [0.3, 0.4) is 0 Å². The van der Waals surface area contributed by atoms with Crippen molar-refractivity contribution >= 4 is 8.41 Å². The molecule has 0 aliphatic rings. The molecule has 0 saturated heterocycles. The fourth-order valence-electron chi connectivity index (χ4n) is 0.771. The van der Waals surface area contributed by atoms with Crippen LogP contribution in [0.15, 0.2) is 38.0 Å². The second-order valence-electron chi connectivity index (χ2n) is 2.08. The quantitative estimate of drug-likeness (QED) is 0.407. The van der Waals surface area contributed by atoms with Gasteiger partial charge in [-0.2, -0.15) is 0 Å². The molecule has 2 heteroatoms. The summed E-state index contributed by atoms with van der Waals surface area (Å²) in [7, 11) is 0. The summed E-state index contributed by atoms with van der Waals surface area (Å²) in [6.07, 6.45) is 5.65. The van der Waals surface area contributed by atoms with Crippen molar-refractivity contribution in [2.75, 3.05) is 19.6 Å². The Balaban J connectivity index is 0. The fourth-order valence-corrected chi connectivity index (χ4v) is 0.771. The Kier molecular flexibility index (Phi) is 10.8. The zero-order valence-electron chi connectivity index (χ0n) is 7.00. The molecular formula is C9H15BN. The van der Waals surface area contributed by atoms with E-state index in [0.29, 0.717) is 0 Å². The second kappa shape index (κ2) is 9.24. The molecule has 59 valence electrons. The van der Waals surface area contributed by atoms with Crippen molar-refractivity contribution < 1.29 is 0 Å². The molecule has 0 spiro atoms. The predicted molar refractivity (Wildman–Crippen MR) is 52.8 cm³/mol. The summed E-state index contributed by atoms with van der Waals surface area (Å²) in [6.45, 7) is 13.7. The molecule has 0 atom stereocenters. The van der Waals surface area contributed by atoms with E-state index in [1.165, 1.54) is 0 Å². The van der Waals surface area contributed by atoms with E-state index in [2.05, 4.69) is 24.6 Å². The van der Waals surface area contributed by atoms with Crippen LogP contribution in [0.4, 0.5) is 0 Å². The Bertz CT molecular complexity index is 97.0. The number of rotatable bonds is 6. The van der Waals surface area contributed by atoms with Gasteiger partial charge in [-0.1, -0.05) is 18.2 Å².